The van der Waals surface area contributed by atoms with Crippen molar-refractivity contribution in [3.8, 4) is 0 Å². The molecule has 1 N–H and O–H groups in total. The van der Waals surface area contributed by atoms with Gasteiger partial charge in [-0.1, -0.05) is 0 Å². The van der Waals surface area contributed by atoms with E-state index in [2.05, 4.69) is 5.32 Å². The van der Waals surface area contributed by atoms with E-state index in [4.69, 9.17) is 9.47 Å². The van der Waals surface area contributed by atoms with Gasteiger partial charge in [0.25, 0.3) is 0 Å². The van der Waals surface area contributed by atoms with Crippen molar-refractivity contribution in [2.45, 2.75) is 25.3 Å². The Morgan fingerprint density at radius 2 is 2.18 bits per heavy atom. The van der Waals surface area contributed by atoms with Gasteiger partial charge in [0.05, 0.1) is 32.8 Å². The second-order valence-corrected chi connectivity index (χ2v) is 5.75. The number of nitrogens with one attached hydrogen (secondary N) is 1. The summed E-state index contributed by atoms with van der Waals surface area (Å²) in [5, 5.41) is 3.08. The molecule has 0 aromatic carbocycles. The van der Waals surface area contributed by atoms with Crippen molar-refractivity contribution >= 4 is 11.8 Å². The normalized spacial score (nSPS) is 23.0. The molecule has 22 heavy (non-hydrogen) atoms. The van der Waals surface area contributed by atoms with Crippen LogP contribution in [0.5, 0.6) is 0 Å². The molecule has 0 aliphatic carbocycles. The van der Waals surface area contributed by atoms with Crippen molar-refractivity contribution in [3.63, 3.8) is 0 Å². The van der Waals surface area contributed by atoms with E-state index in [0.717, 1.165) is 32.5 Å². The second-order valence-electron chi connectivity index (χ2n) is 5.75. The third kappa shape index (κ3) is 4.93. The fourth-order valence-electron chi connectivity index (χ4n) is 3.00. The molecule has 2 aliphatic heterocycles. The van der Waals surface area contributed by atoms with E-state index in [1.807, 2.05) is 9.80 Å². The minimum Gasteiger partial charge on any atom is -0.382 e. The van der Waals surface area contributed by atoms with Crippen molar-refractivity contribution in [1.82, 2.24) is 15.1 Å². The summed E-state index contributed by atoms with van der Waals surface area (Å²) in [5.41, 5.74) is 0. The van der Waals surface area contributed by atoms with E-state index in [9.17, 15) is 9.59 Å². The number of carbonyl (C=O) groups excluding carboxylic acids is 2. The fraction of sp³-hybridized carbons (Fsp3) is 0.867. The number of piperidine rings is 1. The average Bonchev–Trinajstić information content (AvgIpc) is 2.55. The first kappa shape index (κ1) is 17.2. The lowest BCUT2D eigenvalue weighted by molar-refractivity contribution is -0.141. The van der Waals surface area contributed by atoms with Gasteiger partial charge in [0, 0.05) is 39.3 Å². The number of carbonyl (C=O) groups is 2. The molecule has 2 aliphatic rings. The van der Waals surface area contributed by atoms with Crippen LogP contribution in [0.2, 0.25) is 0 Å². The highest BCUT2D eigenvalue weighted by atomic mass is 16.5. The van der Waals surface area contributed by atoms with Crippen LogP contribution in [0.3, 0.4) is 0 Å². The summed E-state index contributed by atoms with van der Waals surface area (Å²) in [4.78, 5) is 28.0. The zero-order valence-corrected chi connectivity index (χ0v) is 13.4. The fourth-order valence-corrected chi connectivity index (χ4v) is 3.00. The average molecular weight is 313 g/mol. The maximum atomic E-state index is 12.2. The molecule has 7 heteroatoms. The Hall–Kier alpha value is -1.18. The van der Waals surface area contributed by atoms with E-state index in [1.54, 1.807) is 7.11 Å². The third-order valence-electron chi connectivity index (χ3n) is 4.21. The van der Waals surface area contributed by atoms with Gasteiger partial charge in [-0.25, -0.2) is 0 Å². The van der Waals surface area contributed by atoms with Crippen LogP contribution in [0.15, 0.2) is 0 Å². The predicted octanol–water partition coefficient (Wildman–Crippen LogP) is -0.538. The van der Waals surface area contributed by atoms with E-state index in [0.29, 0.717) is 39.3 Å². The van der Waals surface area contributed by atoms with Gasteiger partial charge in [-0.15, -0.1) is 0 Å². The molecule has 0 aromatic rings. The van der Waals surface area contributed by atoms with Gasteiger partial charge in [0.15, 0.2) is 0 Å². The van der Waals surface area contributed by atoms with Crippen LogP contribution in [0, 0.1) is 0 Å². The number of amides is 2. The number of methoxy groups -OCH3 is 1. The van der Waals surface area contributed by atoms with Crippen LogP contribution >= 0.6 is 0 Å². The van der Waals surface area contributed by atoms with E-state index >= 15 is 0 Å². The van der Waals surface area contributed by atoms with Crippen molar-refractivity contribution in [1.29, 1.82) is 0 Å². The molecule has 0 radical (unpaired) electrons. The Morgan fingerprint density at radius 3 is 2.95 bits per heavy atom. The molecular weight excluding hydrogens is 286 g/mol. The summed E-state index contributed by atoms with van der Waals surface area (Å²) in [6.45, 7) is 4.92. The highest BCUT2D eigenvalue weighted by Gasteiger charge is 2.31. The lowest BCUT2D eigenvalue weighted by Gasteiger charge is -2.41. The Balaban J connectivity index is 1.74. The largest absolute Gasteiger partial charge is 0.382 e. The number of rotatable bonds is 7. The minimum absolute atomic E-state index is 0.115. The Kier molecular flexibility index (Phi) is 7.08. The molecule has 126 valence electrons. The smallest absolute Gasteiger partial charge is 0.236 e. The van der Waals surface area contributed by atoms with Gasteiger partial charge in [-0.2, -0.15) is 0 Å². The number of likely N-dealkylation sites (tertiary alicyclic amines) is 1. The summed E-state index contributed by atoms with van der Waals surface area (Å²) in [6, 6.07) is 0.168. The maximum Gasteiger partial charge on any atom is 0.236 e. The van der Waals surface area contributed by atoms with Crippen molar-refractivity contribution < 1.29 is 19.1 Å². The summed E-state index contributed by atoms with van der Waals surface area (Å²) >= 11 is 0. The zero-order valence-electron chi connectivity index (χ0n) is 13.4. The van der Waals surface area contributed by atoms with Crippen LogP contribution in [0.1, 0.15) is 19.3 Å². The third-order valence-corrected chi connectivity index (χ3v) is 4.21. The lowest BCUT2D eigenvalue weighted by atomic mass is 10.0. The molecule has 2 heterocycles. The summed E-state index contributed by atoms with van der Waals surface area (Å²) in [7, 11) is 1.62. The van der Waals surface area contributed by atoms with Crippen LogP contribution in [-0.4, -0.2) is 87.3 Å². The van der Waals surface area contributed by atoms with Crippen LogP contribution < -0.4 is 5.32 Å². The number of hydrogen-bond acceptors (Lipinski definition) is 5. The molecule has 0 bridgehead atoms. The van der Waals surface area contributed by atoms with Gasteiger partial charge >= 0.3 is 0 Å². The monoisotopic (exact) mass is 313 g/mol. The number of ether oxygens (including phenoxy) is 2. The predicted molar refractivity (Wildman–Crippen MR) is 81.5 cm³/mol. The zero-order chi connectivity index (χ0) is 15.8. The molecule has 0 spiro atoms. The first-order valence-corrected chi connectivity index (χ1v) is 8.07. The first-order valence-electron chi connectivity index (χ1n) is 8.07. The summed E-state index contributed by atoms with van der Waals surface area (Å²) in [5.74, 6) is 0.262. The van der Waals surface area contributed by atoms with Crippen LogP contribution in [0.25, 0.3) is 0 Å². The molecule has 0 saturated carbocycles. The van der Waals surface area contributed by atoms with Crippen LogP contribution in [-0.2, 0) is 19.1 Å². The number of hydrogen-bond donors (Lipinski definition) is 1. The molecule has 7 nitrogen and oxygen atoms in total. The molecule has 2 fully saturated rings. The highest BCUT2D eigenvalue weighted by Crippen LogP contribution is 2.17. The van der Waals surface area contributed by atoms with Crippen molar-refractivity contribution in [2.75, 3.05) is 59.7 Å². The Bertz CT molecular complexity index is 378. The van der Waals surface area contributed by atoms with Crippen molar-refractivity contribution in [2.24, 2.45) is 0 Å². The highest BCUT2D eigenvalue weighted by molar-refractivity contribution is 5.80. The second kappa shape index (κ2) is 9.07. The molecule has 0 aromatic heterocycles. The Labute approximate surface area is 131 Å². The van der Waals surface area contributed by atoms with Gasteiger partial charge in [-0.3, -0.25) is 9.59 Å². The summed E-state index contributed by atoms with van der Waals surface area (Å²) in [6.07, 6.45) is 2.34. The van der Waals surface area contributed by atoms with Gasteiger partial charge in [0.1, 0.15) is 0 Å². The van der Waals surface area contributed by atoms with Crippen molar-refractivity contribution in [3.05, 3.63) is 0 Å². The van der Waals surface area contributed by atoms with Gasteiger partial charge in [-0.05, 0) is 12.8 Å². The topological polar surface area (TPSA) is 71.1 Å². The quantitative estimate of drug-likeness (QED) is 0.639. The number of nitrogens with zero attached hydrogens (tertiary/aromatic N) is 2. The van der Waals surface area contributed by atoms with E-state index in [1.165, 1.54) is 0 Å². The van der Waals surface area contributed by atoms with Gasteiger partial charge < -0.3 is 24.6 Å². The number of piperazine rings is 1. The molecule has 2 rings (SSSR count). The van der Waals surface area contributed by atoms with Crippen LogP contribution in [0.4, 0.5) is 0 Å². The standard InChI is InChI=1S/C15H27N3O4/c1-21-9-10-22-8-4-14(19)17-6-2-3-13(12-17)18-7-5-16-11-15(18)20/h13,16H,2-12H2,1H3. The van der Waals surface area contributed by atoms with E-state index in [-0.39, 0.29) is 17.9 Å². The molecular formula is C15H27N3O4. The van der Waals surface area contributed by atoms with Gasteiger partial charge in [0.2, 0.25) is 11.8 Å². The molecule has 2 amide bonds. The molecule has 1 unspecified atom stereocenters. The summed E-state index contributed by atoms with van der Waals surface area (Å²) < 4.78 is 10.2. The maximum absolute atomic E-state index is 12.2. The molecule has 1 atom stereocenters. The minimum atomic E-state index is 0.115. The Morgan fingerprint density at radius 1 is 1.32 bits per heavy atom. The SMILES string of the molecule is COCCOCCC(=O)N1CCCC(N2CCNCC2=O)C1. The lowest BCUT2D eigenvalue weighted by Crippen LogP contribution is -2.57. The molecule has 2 saturated heterocycles. The first-order chi connectivity index (χ1) is 10.7. The van der Waals surface area contributed by atoms with E-state index < -0.39 is 0 Å².